The van der Waals surface area contributed by atoms with Gasteiger partial charge in [-0.2, -0.15) is 0 Å². The van der Waals surface area contributed by atoms with Crippen LogP contribution < -0.4 is 0 Å². The van der Waals surface area contributed by atoms with Gasteiger partial charge in [-0.25, -0.2) is 0 Å². The highest BCUT2D eigenvalue weighted by Gasteiger charge is 1.99. The Bertz CT molecular complexity index is 2280. The summed E-state index contributed by atoms with van der Waals surface area (Å²) >= 11 is 0. The maximum Gasteiger partial charge on any atom is 0.302 e. The lowest BCUT2D eigenvalue weighted by molar-refractivity contribution is -0.138. The van der Waals surface area contributed by atoms with Gasteiger partial charge in [-0.1, -0.05) is 72.8 Å². The van der Waals surface area contributed by atoms with Gasteiger partial charge in [-0.05, 0) is 72.1 Å². The second kappa shape index (κ2) is 28.3. The summed E-state index contributed by atoms with van der Waals surface area (Å²) in [6, 6.07) is 37.5. The molecular weight excluding hydrogens is 761 g/mol. The molecule has 0 bridgehead atoms. The number of aromatic nitrogens is 4. The quantitative estimate of drug-likeness (QED) is 0.114. The summed E-state index contributed by atoms with van der Waals surface area (Å²) in [6.07, 6.45) is 8.21. The zero-order valence-corrected chi connectivity index (χ0v) is 36.9. The summed E-state index contributed by atoms with van der Waals surface area (Å²) < 4.78 is 20.7. The number of rotatable bonds is 0. The number of aromatic amines is 2. The predicted molar refractivity (Wildman–Crippen MR) is 243 cm³/mol. The minimum atomic E-state index is -0.245. The number of methoxy groups -OCH3 is 4. The molecule has 0 saturated carbocycles. The van der Waals surface area contributed by atoms with Gasteiger partial charge < -0.3 is 38.0 Å². The molecule has 4 heterocycles. The lowest BCUT2D eigenvalue weighted by Crippen LogP contribution is -1.88. The number of fused-ring (bicyclic) bond motifs is 4. The molecule has 0 aliphatic rings. The summed E-state index contributed by atoms with van der Waals surface area (Å²) in [7, 11) is 9.53. The van der Waals surface area contributed by atoms with Crippen molar-refractivity contribution in [3.8, 4) is 0 Å². The van der Waals surface area contributed by atoms with Crippen LogP contribution in [0.15, 0.2) is 134 Å². The van der Waals surface area contributed by atoms with Crippen molar-refractivity contribution in [1.82, 2.24) is 19.1 Å². The smallest absolute Gasteiger partial charge is 0.302 e. The minimum Gasteiger partial charge on any atom is -0.469 e. The van der Waals surface area contributed by atoms with Gasteiger partial charge in [0.1, 0.15) is 0 Å². The third-order valence-electron chi connectivity index (χ3n) is 8.30. The van der Waals surface area contributed by atoms with E-state index < -0.39 is 0 Å². The summed E-state index contributed by atoms with van der Waals surface area (Å²) in [5, 5.41) is 5.26. The summed E-state index contributed by atoms with van der Waals surface area (Å²) in [5.74, 6) is -0.981. The lowest BCUT2D eigenvalue weighted by Gasteiger charge is -1.92. The third kappa shape index (κ3) is 19.4. The topological polar surface area (TPSA) is 147 Å². The van der Waals surface area contributed by atoms with Crippen molar-refractivity contribution in [3.05, 3.63) is 145 Å². The van der Waals surface area contributed by atoms with Crippen molar-refractivity contribution in [2.75, 3.05) is 28.4 Å². The van der Waals surface area contributed by atoms with Crippen LogP contribution in [0, 0.1) is 13.8 Å². The molecule has 320 valence electrons. The first kappa shape index (κ1) is 50.9. The van der Waals surface area contributed by atoms with Gasteiger partial charge in [0.15, 0.2) is 0 Å². The number of hydrogen-bond donors (Lipinski definition) is 2. The number of benzene rings is 4. The average molecular weight is 821 g/mol. The third-order valence-corrected chi connectivity index (χ3v) is 8.30. The fraction of sp³-hybridized carbons (Fsp3) is 0.250. The van der Waals surface area contributed by atoms with Crippen molar-refractivity contribution < 1.29 is 38.1 Å². The Morgan fingerprint density at radius 1 is 0.467 bits per heavy atom. The number of nitrogens with one attached hydrogen (secondary N) is 2. The average Bonchev–Trinajstić information content (AvgIpc) is 4.06. The predicted octanol–water partition coefficient (Wildman–Crippen LogP) is 10.0. The number of aryl methyl sites for hydroxylation is 4. The molecule has 12 nitrogen and oxygen atoms in total. The Morgan fingerprint density at radius 3 is 1.37 bits per heavy atom. The van der Waals surface area contributed by atoms with E-state index in [1.165, 1.54) is 111 Å². The Morgan fingerprint density at radius 2 is 0.900 bits per heavy atom. The molecule has 0 amide bonds. The van der Waals surface area contributed by atoms with E-state index in [0.717, 1.165) is 0 Å². The number of carbonyl (C=O) groups is 4. The van der Waals surface area contributed by atoms with Crippen LogP contribution in [0.5, 0.6) is 0 Å². The van der Waals surface area contributed by atoms with Gasteiger partial charge in [0, 0.05) is 99.4 Å². The number of hydrogen-bond acceptors (Lipinski definition) is 8. The fourth-order valence-electron chi connectivity index (χ4n) is 4.98. The number of para-hydroxylation sites is 4. The molecule has 0 atom stereocenters. The standard InChI is InChI=1S/C10H11N.2C9H9N.C8H7N.4C3H6O2/c1-8-7-11(2)10-6-4-3-5-9(8)10;1-10-7-6-8-4-2-3-5-9(8)10;1-7-6-10-9-5-3-2-4-8(7)9;1-2-4-8-7(3-1)5-6-9-8;4*1-3(4)5-2/h3-7H,1-2H3;2-7H,1H3;2-6,10H,1H3;1-6,9H;4*1-2H3. The van der Waals surface area contributed by atoms with Gasteiger partial charge in [-0.15, -0.1) is 0 Å². The first-order chi connectivity index (χ1) is 28.6. The van der Waals surface area contributed by atoms with Crippen LogP contribution in [0.2, 0.25) is 0 Å². The second-order valence-electron chi connectivity index (χ2n) is 12.8. The molecule has 0 saturated heterocycles. The van der Waals surface area contributed by atoms with E-state index in [9.17, 15) is 19.2 Å². The van der Waals surface area contributed by atoms with E-state index in [1.807, 2.05) is 30.6 Å². The summed E-state index contributed by atoms with van der Waals surface area (Å²) in [4.78, 5) is 44.7. The highest BCUT2D eigenvalue weighted by Crippen LogP contribution is 2.19. The van der Waals surface area contributed by atoms with E-state index in [-0.39, 0.29) is 23.9 Å². The summed E-state index contributed by atoms with van der Waals surface area (Å²) in [5.41, 5.74) is 7.70. The van der Waals surface area contributed by atoms with E-state index in [1.54, 1.807) is 0 Å². The van der Waals surface area contributed by atoms with E-state index >= 15 is 0 Å². The van der Waals surface area contributed by atoms with E-state index in [0.29, 0.717) is 0 Å². The SMILES string of the molecule is COC(C)=O.COC(C)=O.COC(C)=O.COC(C)=O.Cc1c[nH]c2ccccc12.Cc1cn(C)c2ccccc12.Cn1ccc2ccccc21.c1ccc2[nH]ccc2c1. The fourth-order valence-corrected chi connectivity index (χ4v) is 4.98. The van der Waals surface area contributed by atoms with Crippen LogP contribution in [0.1, 0.15) is 38.8 Å². The normalized spacial score (nSPS) is 9.27. The number of ether oxygens (including phenoxy) is 4. The largest absolute Gasteiger partial charge is 0.469 e. The van der Waals surface area contributed by atoms with Crippen molar-refractivity contribution in [2.24, 2.45) is 14.1 Å². The van der Waals surface area contributed by atoms with Crippen molar-refractivity contribution in [3.63, 3.8) is 0 Å². The van der Waals surface area contributed by atoms with Gasteiger partial charge in [0.2, 0.25) is 0 Å². The molecule has 0 spiro atoms. The maximum atomic E-state index is 9.59. The summed E-state index contributed by atoms with van der Waals surface area (Å²) in [6.45, 7) is 9.70. The second-order valence-corrected chi connectivity index (χ2v) is 12.8. The van der Waals surface area contributed by atoms with Gasteiger partial charge in [0.05, 0.1) is 28.4 Å². The Balaban J connectivity index is 0.000000352. The van der Waals surface area contributed by atoms with Crippen molar-refractivity contribution in [2.45, 2.75) is 41.5 Å². The zero-order chi connectivity index (χ0) is 45.0. The number of carbonyl (C=O) groups excluding carboxylic acids is 4. The zero-order valence-electron chi connectivity index (χ0n) is 36.9. The molecule has 8 aromatic rings. The lowest BCUT2D eigenvalue weighted by atomic mass is 10.2. The molecule has 4 aromatic carbocycles. The van der Waals surface area contributed by atoms with Crippen LogP contribution >= 0.6 is 0 Å². The van der Waals surface area contributed by atoms with Gasteiger partial charge in [0.25, 0.3) is 0 Å². The maximum absolute atomic E-state index is 9.59. The molecule has 12 heteroatoms. The molecule has 0 fully saturated rings. The Labute approximate surface area is 353 Å². The number of esters is 4. The number of nitrogens with zero attached hydrogens (tertiary/aromatic N) is 2. The minimum absolute atomic E-state index is 0.245. The van der Waals surface area contributed by atoms with Gasteiger partial charge >= 0.3 is 23.9 Å². The van der Waals surface area contributed by atoms with Gasteiger partial charge in [-0.3, -0.25) is 19.2 Å². The molecule has 0 unspecified atom stereocenters. The molecule has 8 rings (SSSR count). The molecule has 0 radical (unpaired) electrons. The Kier molecular flexibility index (Phi) is 24.1. The molecule has 0 aliphatic carbocycles. The molecule has 2 N–H and O–H groups in total. The molecule has 4 aromatic heterocycles. The van der Waals surface area contributed by atoms with Crippen LogP contribution in [0.25, 0.3) is 43.6 Å². The molecule has 0 aliphatic heterocycles. The van der Waals surface area contributed by atoms with Crippen LogP contribution in [-0.4, -0.2) is 71.4 Å². The van der Waals surface area contributed by atoms with E-state index in [2.05, 4.69) is 169 Å². The van der Waals surface area contributed by atoms with E-state index in [4.69, 9.17) is 0 Å². The Hall–Kier alpha value is -7.08. The van der Waals surface area contributed by atoms with Crippen LogP contribution in [0.4, 0.5) is 0 Å². The highest BCUT2D eigenvalue weighted by molar-refractivity contribution is 5.84. The number of H-pyrrole nitrogens is 2. The molecular formula is C48H60N4O8. The van der Waals surface area contributed by atoms with Crippen molar-refractivity contribution >= 4 is 67.5 Å². The molecule has 60 heavy (non-hydrogen) atoms. The highest BCUT2D eigenvalue weighted by atomic mass is 16.5. The monoisotopic (exact) mass is 820 g/mol. The first-order valence-electron chi connectivity index (χ1n) is 18.8. The van der Waals surface area contributed by atoms with Crippen LogP contribution in [-0.2, 0) is 52.2 Å². The van der Waals surface area contributed by atoms with Crippen LogP contribution in [0.3, 0.4) is 0 Å². The van der Waals surface area contributed by atoms with Crippen molar-refractivity contribution in [1.29, 1.82) is 0 Å². The first-order valence-corrected chi connectivity index (χ1v) is 18.8.